The number of hydrogen-bond acceptors (Lipinski definition) is 2. The molecule has 0 saturated heterocycles. The molecule has 0 aliphatic carbocycles. The van der Waals surface area contributed by atoms with Gasteiger partial charge in [0.2, 0.25) is 0 Å². The minimum absolute atomic E-state index is 0.704. The summed E-state index contributed by atoms with van der Waals surface area (Å²) in [4.78, 5) is 0. The SMILES string of the molecule is COc1cc(C)c(C)cc1N. The molecule has 1 rings (SSSR count). The molecule has 0 saturated carbocycles. The van der Waals surface area contributed by atoms with Crippen LogP contribution in [0.15, 0.2) is 12.1 Å². The highest BCUT2D eigenvalue weighted by molar-refractivity contribution is 5.56. The summed E-state index contributed by atoms with van der Waals surface area (Å²) in [5.41, 5.74) is 8.78. The van der Waals surface area contributed by atoms with E-state index in [0.29, 0.717) is 5.69 Å². The third-order valence-corrected chi connectivity index (χ3v) is 1.85. The lowest BCUT2D eigenvalue weighted by Crippen LogP contribution is -1.94. The Morgan fingerprint density at radius 3 is 2.27 bits per heavy atom. The lowest BCUT2D eigenvalue weighted by atomic mass is 10.1. The number of anilines is 1. The first-order valence-electron chi connectivity index (χ1n) is 3.56. The van der Waals surface area contributed by atoms with Crippen LogP contribution in [0.3, 0.4) is 0 Å². The minimum Gasteiger partial charge on any atom is -0.495 e. The van der Waals surface area contributed by atoms with E-state index in [9.17, 15) is 0 Å². The fraction of sp³-hybridized carbons (Fsp3) is 0.333. The van der Waals surface area contributed by atoms with Crippen molar-refractivity contribution in [2.75, 3.05) is 12.8 Å². The number of aryl methyl sites for hydroxylation is 2. The van der Waals surface area contributed by atoms with Crippen LogP contribution in [0.1, 0.15) is 11.1 Å². The molecular weight excluding hydrogens is 138 g/mol. The maximum atomic E-state index is 5.68. The van der Waals surface area contributed by atoms with Crippen LogP contribution >= 0.6 is 0 Å². The molecule has 0 heterocycles. The number of hydrogen-bond donors (Lipinski definition) is 1. The largest absolute Gasteiger partial charge is 0.495 e. The average Bonchev–Trinajstić information content (AvgIpc) is 1.97. The quantitative estimate of drug-likeness (QED) is 0.622. The molecule has 0 amide bonds. The van der Waals surface area contributed by atoms with Crippen molar-refractivity contribution in [1.29, 1.82) is 0 Å². The average molecular weight is 151 g/mol. The van der Waals surface area contributed by atoms with Crippen molar-refractivity contribution in [1.82, 2.24) is 0 Å². The van der Waals surface area contributed by atoms with Crippen molar-refractivity contribution in [3.8, 4) is 5.75 Å². The second-order valence-electron chi connectivity index (χ2n) is 2.68. The van der Waals surface area contributed by atoms with E-state index >= 15 is 0 Å². The molecule has 0 bridgehead atoms. The maximum absolute atomic E-state index is 5.68. The molecule has 0 aromatic heterocycles. The summed E-state index contributed by atoms with van der Waals surface area (Å²) in [5, 5.41) is 0. The molecule has 2 N–H and O–H groups in total. The van der Waals surface area contributed by atoms with E-state index in [0.717, 1.165) is 5.75 Å². The van der Waals surface area contributed by atoms with Gasteiger partial charge in [-0.2, -0.15) is 0 Å². The maximum Gasteiger partial charge on any atom is 0.142 e. The topological polar surface area (TPSA) is 35.2 Å². The van der Waals surface area contributed by atoms with E-state index in [1.807, 2.05) is 26.0 Å². The van der Waals surface area contributed by atoms with E-state index in [1.165, 1.54) is 11.1 Å². The number of nitrogens with two attached hydrogens (primary N) is 1. The molecule has 11 heavy (non-hydrogen) atoms. The van der Waals surface area contributed by atoms with Crippen LogP contribution < -0.4 is 10.5 Å². The third kappa shape index (κ3) is 1.45. The number of ether oxygens (including phenoxy) is 1. The number of methoxy groups -OCH3 is 1. The van der Waals surface area contributed by atoms with E-state index in [4.69, 9.17) is 10.5 Å². The van der Waals surface area contributed by atoms with Gasteiger partial charge in [-0.1, -0.05) is 0 Å². The van der Waals surface area contributed by atoms with Gasteiger partial charge in [0.05, 0.1) is 12.8 Å². The fourth-order valence-electron chi connectivity index (χ4n) is 0.989. The lowest BCUT2D eigenvalue weighted by molar-refractivity contribution is 0.416. The number of benzene rings is 1. The predicted octanol–water partition coefficient (Wildman–Crippen LogP) is 1.89. The molecule has 1 aromatic rings. The van der Waals surface area contributed by atoms with Gasteiger partial charge in [0.15, 0.2) is 0 Å². The smallest absolute Gasteiger partial charge is 0.142 e. The van der Waals surface area contributed by atoms with E-state index in [1.54, 1.807) is 7.11 Å². The van der Waals surface area contributed by atoms with Crippen molar-refractivity contribution >= 4 is 5.69 Å². The zero-order chi connectivity index (χ0) is 8.43. The molecule has 0 atom stereocenters. The number of nitrogen functional groups attached to an aromatic ring is 1. The van der Waals surface area contributed by atoms with Crippen LogP contribution in [0.5, 0.6) is 5.75 Å². The fourth-order valence-corrected chi connectivity index (χ4v) is 0.989. The Kier molecular flexibility index (Phi) is 2.03. The van der Waals surface area contributed by atoms with Crippen LogP contribution in [-0.2, 0) is 0 Å². The first-order chi connectivity index (χ1) is 5.15. The summed E-state index contributed by atoms with van der Waals surface area (Å²) in [6.45, 7) is 4.07. The van der Waals surface area contributed by atoms with Crippen molar-refractivity contribution in [2.45, 2.75) is 13.8 Å². The second-order valence-corrected chi connectivity index (χ2v) is 2.68. The van der Waals surface area contributed by atoms with Crippen LogP contribution in [0.25, 0.3) is 0 Å². The Morgan fingerprint density at radius 1 is 1.18 bits per heavy atom. The van der Waals surface area contributed by atoms with Gasteiger partial charge in [0.1, 0.15) is 5.75 Å². The zero-order valence-electron chi connectivity index (χ0n) is 7.14. The first-order valence-corrected chi connectivity index (χ1v) is 3.56. The Labute approximate surface area is 67.0 Å². The van der Waals surface area contributed by atoms with Crippen molar-refractivity contribution in [2.24, 2.45) is 0 Å². The summed E-state index contributed by atoms with van der Waals surface area (Å²) in [6, 6.07) is 3.87. The molecule has 2 nitrogen and oxygen atoms in total. The highest BCUT2D eigenvalue weighted by atomic mass is 16.5. The Bertz CT molecular complexity index is 269. The highest BCUT2D eigenvalue weighted by Gasteiger charge is 2.00. The van der Waals surface area contributed by atoms with Crippen LogP contribution in [0.4, 0.5) is 5.69 Å². The van der Waals surface area contributed by atoms with Gasteiger partial charge in [-0.15, -0.1) is 0 Å². The highest BCUT2D eigenvalue weighted by Crippen LogP contribution is 2.24. The summed E-state index contributed by atoms with van der Waals surface area (Å²) in [5.74, 6) is 0.758. The van der Waals surface area contributed by atoms with Crippen molar-refractivity contribution < 1.29 is 4.74 Å². The zero-order valence-corrected chi connectivity index (χ0v) is 7.14. The van der Waals surface area contributed by atoms with E-state index in [2.05, 4.69) is 0 Å². The molecule has 0 radical (unpaired) electrons. The van der Waals surface area contributed by atoms with Gasteiger partial charge < -0.3 is 10.5 Å². The Morgan fingerprint density at radius 2 is 1.73 bits per heavy atom. The monoisotopic (exact) mass is 151 g/mol. The van der Waals surface area contributed by atoms with E-state index in [-0.39, 0.29) is 0 Å². The van der Waals surface area contributed by atoms with Crippen LogP contribution in [-0.4, -0.2) is 7.11 Å². The molecule has 0 fully saturated rings. The van der Waals surface area contributed by atoms with Gasteiger partial charge in [0.25, 0.3) is 0 Å². The molecule has 0 aliphatic heterocycles. The molecule has 60 valence electrons. The Balaban J connectivity index is 3.21. The molecule has 1 aromatic carbocycles. The summed E-state index contributed by atoms with van der Waals surface area (Å²) in [6.07, 6.45) is 0. The second kappa shape index (κ2) is 2.82. The number of rotatable bonds is 1. The van der Waals surface area contributed by atoms with Gasteiger partial charge in [-0.25, -0.2) is 0 Å². The molecule has 0 unspecified atom stereocenters. The van der Waals surface area contributed by atoms with E-state index < -0.39 is 0 Å². The van der Waals surface area contributed by atoms with Gasteiger partial charge >= 0.3 is 0 Å². The van der Waals surface area contributed by atoms with Gasteiger partial charge in [-0.05, 0) is 37.1 Å². The van der Waals surface area contributed by atoms with Gasteiger partial charge in [-0.3, -0.25) is 0 Å². The van der Waals surface area contributed by atoms with Crippen LogP contribution in [0, 0.1) is 13.8 Å². The summed E-state index contributed by atoms with van der Waals surface area (Å²) in [7, 11) is 1.63. The minimum atomic E-state index is 0.704. The lowest BCUT2D eigenvalue weighted by Gasteiger charge is -2.07. The Hall–Kier alpha value is -1.18. The molecular formula is C9H13NO. The third-order valence-electron chi connectivity index (χ3n) is 1.85. The standard InChI is InChI=1S/C9H13NO/c1-6-4-8(10)9(11-3)5-7(6)2/h4-5H,10H2,1-3H3. The summed E-state index contributed by atoms with van der Waals surface area (Å²) < 4.78 is 5.06. The van der Waals surface area contributed by atoms with Gasteiger partial charge in [0, 0.05) is 0 Å². The summed E-state index contributed by atoms with van der Waals surface area (Å²) >= 11 is 0. The molecule has 2 heteroatoms. The van der Waals surface area contributed by atoms with Crippen molar-refractivity contribution in [3.05, 3.63) is 23.3 Å². The van der Waals surface area contributed by atoms with Crippen LogP contribution in [0.2, 0.25) is 0 Å². The first kappa shape index (κ1) is 7.92. The van der Waals surface area contributed by atoms with Crippen molar-refractivity contribution in [3.63, 3.8) is 0 Å². The molecule has 0 aliphatic rings. The molecule has 0 spiro atoms. The normalized spacial score (nSPS) is 9.73. The predicted molar refractivity (Wildman–Crippen MR) is 46.9 cm³/mol.